The second-order valence-corrected chi connectivity index (χ2v) is 7.23. The Kier molecular flexibility index (Phi) is 5.85. The SMILES string of the molecule is O=C(NN=Cc1cc(-c2ccccc2)ccc1O)c1ccc(Br)cc1Br. The Bertz CT molecular complexity index is 973. The second kappa shape index (κ2) is 8.29. The van der Waals surface area contributed by atoms with Crippen LogP contribution < -0.4 is 5.43 Å². The molecule has 0 fully saturated rings. The maximum absolute atomic E-state index is 12.2. The average Bonchev–Trinajstić information content (AvgIpc) is 2.64. The molecule has 3 aromatic rings. The van der Waals surface area contributed by atoms with Gasteiger partial charge in [-0.1, -0.05) is 52.3 Å². The Morgan fingerprint density at radius 2 is 1.73 bits per heavy atom. The molecule has 0 aliphatic rings. The van der Waals surface area contributed by atoms with E-state index in [1.54, 1.807) is 24.3 Å². The van der Waals surface area contributed by atoms with Gasteiger partial charge in [-0.2, -0.15) is 5.10 Å². The Balaban J connectivity index is 1.77. The second-order valence-electron chi connectivity index (χ2n) is 5.46. The standard InChI is InChI=1S/C20H14Br2N2O2/c21-16-7-8-17(18(22)11-16)20(26)24-23-12-15-10-14(6-9-19(15)25)13-4-2-1-3-5-13/h1-12,25H,(H,24,26). The van der Waals surface area contributed by atoms with Gasteiger partial charge < -0.3 is 5.11 Å². The number of phenolic OH excluding ortho intramolecular Hbond substituents is 1. The minimum atomic E-state index is -0.348. The molecule has 0 aromatic heterocycles. The lowest BCUT2D eigenvalue weighted by Gasteiger charge is -2.06. The van der Waals surface area contributed by atoms with Gasteiger partial charge >= 0.3 is 0 Å². The molecule has 3 rings (SSSR count). The van der Waals surface area contributed by atoms with Gasteiger partial charge in [0.15, 0.2) is 0 Å². The largest absolute Gasteiger partial charge is 0.507 e. The van der Waals surface area contributed by atoms with Crippen molar-refractivity contribution in [1.29, 1.82) is 0 Å². The van der Waals surface area contributed by atoms with Crippen LogP contribution in [0.1, 0.15) is 15.9 Å². The topological polar surface area (TPSA) is 61.7 Å². The minimum Gasteiger partial charge on any atom is -0.507 e. The third-order valence-electron chi connectivity index (χ3n) is 3.68. The fourth-order valence-corrected chi connectivity index (χ4v) is 3.59. The highest BCUT2D eigenvalue weighted by atomic mass is 79.9. The van der Waals surface area contributed by atoms with Crippen molar-refractivity contribution < 1.29 is 9.90 Å². The van der Waals surface area contributed by atoms with E-state index < -0.39 is 0 Å². The van der Waals surface area contributed by atoms with E-state index in [2.05, 4.69) is 42.4 Å². The Hall–Kier alpha value is -2.44. The number of amides is 1. The number of rotatable bonds is 4. The number of benzene rings is 3. The van der Waals surface area contributed by atoms with Crippen LogP contribution in [-0.2, 0) is 0 Å². The first-order valence-electron chi connectivity index (χ1n) is 7.71. The zero-order valence-corrected chi connectivity index (χ0v) is 16.7. The number of hydrogen-bond acceptors (Lipinski definition) is 3. The third-order valence-corrected chi connectivity index (χ3v) is 4.83. The van der Waals surface area contributed by atoms with Crippen LogP contribution in [0.25, 0.3) is 11.1 Å². The third kappa shape index (κ3) is 4.39. The summed E-state index contributed by atoms with van der Waals surface area (Å²) in [5.74, 6) is -0.258. The Morgan fingerprint density at radius 1 is 0.962 bits per heavy atom. The van der Waals surface area contributed by atoms with E-state index in [4.69, 9.17) is 0 Å². The van der Waals surface area contributed by atoms with Gasteiger partial charge in [0.1, 0.15) is 5.75 Å². The van der Waals surface area contributed by atoms with E-state index in [0.29, 0.717) is 15.6 Å². The molecule has 26 heavy (non-hydrogen) atoms. The number of halogens is 2. The molecule has 0 aliphatic heterocycles. The molecule has 0 spiro atoms. The zero-order valence-electron chi connectivity index (χ0n) is 13.5. The maximum Gasteiger partial charge on any atom is 0.272 e. The normalized spacial score (nSPS) is 10.8. The minimum absolute atomic E-state index is 0.0903. The number of carbonyl (C=O) groups excluding carboxylic acids is 1. The molecule has 0 bridgehead atoms. The summed E-state index contributed by atoms with van der Waals surface area (Å²) in [6.45, 7) is 0. The van der Waals surface area contributed by atoms with Crippen molar-refractivity contribution >= 4 is 44.0 Å². The number of hydrazone groups is 1. The van der Waals surface area contributed by atoms with Crippen LogP contribution in [0.15, 0.2) is 80.8 Å². The van der Waals surface area contributed by atoms with E-state index in [-0.39, 0.29) is 11.7 Å². The number of hydrogen-bond donors (Lipinski definition) is 2. The summed E-state index contributed by atoms with van der Waals surface area (Å²) < 4.78 is 1.53. The fourth-order valence-electron chi connectivity index (χ4n) is 2.36. The van der Waals surface area contributed by atoms with Gasteiger partial charge in [0, 0.05) is 14.5 Å². The molecule has 0 saturated carbocycles. The molecule has 3 aromatic carbocycles. The number of nitrogens with zero attached hydrogens (tertiary/aromatic N) is 1. The zero-order chi connectivity index (χ0) is 18.5. The van der Waals surface area contributed by atoms with Crippen molar-refractivity contribution in [3.05, 3.63) is 86.8 Å². The van der Waals surface area contributed by atoms with Gasteiger partial charge in [-0.25, -0.2) is 5.43 Å². The summed E-state index contributed by atoms with van der Waals surface area (Å²) in [7, 11) is 0. The van der Waals surface area contributed by atoms with Crippen molar-refractivity contribution in [2.75, 3.05) is 0 Å². The molecule has 4 nitrogen and oxygen atoms in total. The first kappa shape index (κ1) is 18.4. The Morgan fingerprint density at radius 3 is 2.46 bits per heavy atom. The van der Waals surface area contributed by atoms with Crippen LogP contribution in [0.5, 0.6) is 5.75 Å². The van der Waals surface area contributed by atoms with E-state index in [0.717, 1.165) is 15.6 Å². The molecule has 6 heteroatoms. The summed E-state index contributed by atoms with van der Waals surface area (Å²) >= 11 is 6.69. The molecule has 0 unspecified atom stereocenters. The molecule has 0 aliphatic carbocycles. The summed E-state index contributed by atoms with van der Waals surface area (Å²) in [5.41, 5.74) is 5.43. The van der Waals surface area contributed by atoms with Crippen LogP contribution in [0.3, 0.4) is 0 Å². The smallest absolute Gasteiger partial charge is 0.272 e. The van der Waals surface area contributed by atoms with Gasteiger partial charge in [0.05, 0.1) is 11.8 Å². The number of carbonyl (C=O) groups is 1. The predicted octanol–water partition coefficient (Wildman–Crippen LogP) is 5.35. The molecule has 0 heterocycles. The summed E-state index contributed by atoms with van der Waals surface area (Å²) in [5, 5.41) is 14.0. The highest BCUT2D eigenvalue weighted by molar-refractivity contribution is 9.11. The van der Waals surface area contributed by atoms with E-state index in [1.165, 1.54) is 6.21 Å². The van der Waals surface area contributed by atoms with Gasteiger partial charge in [-0.15, -0.1) is 0 Å². The van der Waals surface area contributed by atoms with Crippen LogP contribution in [0, 0.1) is 0 Å². The predicted molar refractivity (Wildman–Crippen MR) is 110 cm³/mol. The van der Waals surface area contributed by atoms with Gasteiger partial charge in [0.2, 0.25) is 0 Å². The van der Waals surface area contributed by atoms with Crippen molar-refractivity contribution in [3.63, 3.8) is 0 Å². The van der Waals surface area contributed by atoms with E-state index in [9.17, 15) is 9.90 Å². The molecule has 0 radical (unpaired) electrons. The molecular formula is C20H14Br2N2O2. The van der Waals surface area contributed by atoms with Crippen molar-refractivity contribution in [2.24, 2.45) is 5.10 Å². The summed E-state index contributed by atoms with van der Waals surface area (Å²) in [4.78, 5) is 12.2. The molecule has 0 atom stereocenters. The van der Waals surface area contributed by atoms with Crippen molar-refractivity contribution in [1.82, 2.24) is 5.43 Å². The first-order chi connectivity index (χ1) is 12.5. The molecule has 130 valence electrons. The van der Waals surface area contributed by atoms with Crippen molar-refractivity contribution in [3.8, 4) is 16.9 Å². The molecule has 2 N–H and O–H groups in total. The highest BCUT2D eigenvalue weighted by Crippen LogP contribution is 2.25. The Labute approximate surface area is 167 Å². The van der Waals surface area contributed by atoms with Crippen LogP contribution in [0.2, 0.25) is 0 Å². The number of phenols is 1. The average molecular weight is 474 g/mol. The van der Waals surface area contributed by atoms with Crippen LogP contribution in [-0.4, -0.2) is 17.2 Å². The van der Waals surface area contributed by atoms with Gasteiger partial charge in [0.25, 0.3) is 5.91 Å². The summed E-state index contributed by atoms with van der Waals surface area (Å²) in [6.07, 6.45) is 1.42. The monoisotopic (exact) mass is 472 g/mol. The molecular weight excluding hydrogens is 460 g/mol. The van der Waals surface area contributed by atoms with Gasteiger partial charge in [-0.05, 0) is 57.4 Å². The summed E-state index contributed by atoms with van der Waals surface area (Å²) in [6, 6.07) is 20.3. The molecule has 1 amide bonds. The lowest BCUT2D eigenvalue weighted by molar-refractivity contribution is 0.0954. The van der Waals surface area contributed by atoms with Gasteiger partial charge in [-0.3, -0.25) is 4.79 Å². The van der Waals surface area contributed by atoms with Crippen LogP contribution >= 0.6 is 31.9 Å². The molecule has 0 saturated heterocycles. The number of nitrogens with one attached hydrogen (secondary N) is 1. The quantitative estimate of drug-likeness (QED) is 0.396. The maximum atomic E-state index is 12.2. The van der Waals surface area contributed by atoms with E-state index >= 15 is 0 Å². The first-order valence-corrected chi connectivity index (χ1v) is 9.30. The lowest BCUT2D eigenvalue weighted by atomic mass is 10.0. The number of aromatic hydroxyl groups is 1. The lowest BCUT2D eigenvalue weighted by Crippen LogP contribution is -2.18. The van der Waals surface area contributed by atoms with E-state index in [1.807, 2.05) is 42.5 Å². The fraction of sp³-hybridized carbons (Fsp3) is 0. The van der Waals surface area contributed by atoms with Crippen molar-refractivity contribution in [2.45, 2.75) is 0 Å². The van der Waals surface area contributed by atoms with Crippen LogP contribution in [0.4, 0.5) is 0 Å². The highest BCUT2D eigenvalue weighted by Gasteiger charge is 2.09.